The summed E-state index contributed by atoms with van der Waals surface area (Å²) in [7, 11) is 0. The number of fused-ring (bicyclic) bond motifs is 2. The first kappa shape index (κ1) is 14.8. The number of Topliss-reactive ketones (excluding diaryl/α,β-unsaturated/α-hetero) is 1. The van der Waals surface area contributed by atoms with Gasteiger partial charge < -0.3 is 9.84 Å². The van der Waals surface area contributed by atoms with Gasteiger partial charge in [-0.15, -0.1) is 11.3 Å². The predicted molar refractivity (Wildman–Crippen MR) is 90.0 cm³/mol. The molecule has 1 aliphatic carbocycles. The SMILES string of the molecule is CCC1CC2C(=O)C(c3nc4ccccc4s3)=COC2CC1O. The topological polar surface area (TPSA) is 59.4 Å². The number of aliphatic hydroxyl groups is 1. The molecule has 0 saturated heterocycles. The zero-order valence-corrected chi connectivity index (χ0v) is 13.8. The van der Waals surface area contributed by atoms with Crippen LogP contribution in [-0.2, 0) is 9.53 Å². The fraction of sp³-hybridized carbons (Fsp3) is 0.444. The molecule has 0 amide bonds. The lowest BCUT2D eigenvalue weighted by atomic mass is 9.73. The van der Waals surface area contributed by atoms with E-state index in [0.717, 1.165) is 21.6 Å². The Kier molecular flexibility index (Phi) is 3.70. The lowest BCUT2D eigenvalue weighted by Crippen LogP contribution is -2.44. The van der Waals surface area contributed by atoms with Gasteiger partial charge in [0.2, 0.25) is 0 Å². The summed E-state index contributed by atoms with van der Waals surface area (Å²) < 4.78 is 6.88. The summed E-state index contributed by atoms with van der Waals surface area (Å²) in [6, 6.07) is 7.89. The lowest BCUT2D eigenvalue weighted by Gasteiger charge is -2.39. The fourth-order valence-corrected chi connectivity index (χ4v) is 4.63. The van der Waals surface area contributed by atoms with E-state index in [9.17, 15) is 9.90 Å². The van der Waals surface area contributed by atoms with Crippen LogP contribution >= 0.6 is 11.3 Å². The number of carbonyl (C=O) groups is 1. The van der Waals surface area contributed by atoms with E-state index in [4.69, 9.17) is 4.74 Å². The van der Waals surface area contributed by atoms with Crippen LogP contribution < -0.4 is 0 Å². The Bertz CT molecular complexity index is 748. The maximum absolute atomic E-state index is 12.9. The average molecular weight is 329 g/mol. The first-order chi connectivity index (χ1) is 11.2. The maximum Gasteiger partial charge on any atom is 0.175 e. The molecule has 1 aromatic heterocycles. The second kappa shape index (κ2) is 5.73. The maximum atomic E-state index is 12.9. The van der Waals surface area contributed by atoms with E-state index < -0.39 is 0 Å². The standard InChI is InChI=1S/C18H19NO3S/c1-2-10-7-11-15(8-14(10)20)22-9-12(17(11)21)18-19-13-5-3-4-6-16(13)23-18/h3-6,9-11,14-15,20H,2,7-8H2,1H3. The quantitative estimate of drug-likeness (QED) is 0.917. The Balaban J connectivity index is 1.67. The van der Waals surface area contributed by atoms with Crippen LogP contribution in [0.5, 0.6) is 0 Å². The van der Waals surface area contributed by atoms with Gasteiger partial charge in [-0.05, 0) is 24.5 Å². The van der Waals surface area contributed by atoms with Crippen LogP contribution in [0.15, 0.2) is 30.5 Å². The van der Waals surface area contributed by atoms with Gasteiger partial charge in [0, 0.05) is 6.42 Å². The van der Waals surface area contributed by atoms with Crippen LogP contribution in [0.25, 0.3) is 15.8 Å². The van der Waals surface area contributed by atoms with Crippen molar-refractivity contribution in [3.05, 3.63) is 35.5 Å². The third kappa shape index (κ3) is 2.48. The summed E-state index contributed by atoms with van der Waals surface area (Å²) in [5.74, 6) is 0.138. The van der Waals surface area contributed by atoms with Gasteiger partial charge >= 0.3 is 0 Å². The lowest BCUT2D eigenvalue weighted by molar-refractivity contribution is -0.129. The molecule has 2 heterocycles. The molecule has 4 atom stereocenters. The number of rotatable bonds is 2. The monoisotopic (exact) mass is 329 g/mol. The molecule has 1 fully saturated rings. The number of allylic oxidation sites excluding steroid dienone is 1. The van der Waals surface area contributed by atoms with Crippen molar-refractivity contribution in [2.24, 2.45) is 11.8 Å². The molecular formula is C18H19NO3S. The molecule has 1 aromatic carbocycles. The number of aromatic nitrogens is 1. The minimum atomic E-state index is -0.369. The summed E-state index contributed by atoms with van der Waals surface area (Å²) in [5.41, 5.74) is 1.49. The second-order valence-electron chi connectivity index (χ2n) is 6.37. The van der Waals surface area contributed by atoms with Crippen molar-refractivity contribution in [2.45, 2.75) is 38.4 Å². The van der Waals surface area contributed by atoms with E-state index in [0.29, 0.717) is 18.4 Å². The van der Waals surface area contributed by atoms with Crippen LogP contribution in [0.4, 0.5) is 0 Å². The first-order valence-corrected chi connectivity index (χ1v) is 8.93. The molecule has 1 saturated carbocycles. The van der Waals surface area contributed by atoms with Crippen molar-refractivity contribution in [3.8, 4) is 0 Å². The minimum absolute atomic E-state index is 0.116. The highest BCUT2D eigenvalue weighted by molar-refractivity contribution is 7.19. The van der Waals surface area contributed by atoms with Crippen molar-refractivity contribution in [3.63, 3.8) is 0 Å². The van der Waals surface area contributed by atoms with Crippen LogP contribution in [0.1, 0.15) is 31.2 Å². The van der Waals surface area contributed by atoms with Crippen molar-refractivity contribution < 1.29 is 14.6 Å². The van der Waals surface area contributed by atoms with Gasteiger partial charge in [0.05, 0.1) is 34.1 Å². The smallest absolute Gasteiger partial charge is 0.175 e. The fourth-order valence-electron chi connectivity index (χ4n) is 3.65. The first-order valence-electron chi connectivity index (χ1n) is 8.11. The molecule has 0 spiro atoms. The van der Waals surface area contributed by atoms with E-state index in [1.165, 1.54) is 11.3 Å². The number of ether oxygens (including phenoxy) is 1. The highest BCUT2D eigenvalue weighted by atomic mass is 32.1. The minimum Gasteiger partial charge on any atom is -0.496 e. The van der Waals surface area contributed by atoms with Crippen LogP contribution in [0.2, 0.25) is 0 Å². The molecule has 4 rings (SSSR count). The molecule has 120 valence electrons. The van der Waals surface area contributed by atoms with Crippen molar-refractivity contribution in [2.75, 3.05) is 0 Å². The van der Waals surface area contributed by atoms with E-state index in [1.807, 2.05) is 24.3 Å². The summed E-state index contributed by atoms with van der Waals surface area (Å²) in [6.45, 7) is 2.06. The molecule has 1 N–H and O–H groups in total. The molecule has 0 radical (unpaired) electrons. The molecule has 0 bridgehead atoms. The molecule has 2 aromatic rings. The number of benzene rings is 1. The van der Waals surface area contributed by atoms with Gasteiger partial charge in [-0.3, -0.25) is 4.79 Å². The molecule has 4 nitrogen and oxygen atoms in total. The number of thiazole rings is 1. The largest absolute Gasteiger partial charge is 0.496 e. The number of carbonyl (C=O) groups excluding carboxylic acids is 1. The number of hydrogen-bond donors (Lipinski definition) is 1. The van der Waals surface area contributed by atoms with Crippen LogP contribution in [-0.4, -0.2) is 28.1 Å². The van der Waals surface area contributed by atoms with E-state index in [-0.39, 0.29) is 29.8 Å². The van der Waals surface area contributed by atoms with Crippen molar-refractivity contribution in [1.82, 2.24) is 4.98 Å². The van der Waals surface area contributed by atoms with Crippen LogP contribution in [0.3, 0.4) is 0 Å². The average Bonchev–Trinajstić information content (AvgIpc) is 2.98. The molecule has 23 heavy (non-hydrogen) atoms. The summed E-state index contributed by atoms with van der Waals surface area (Å²) in [5, 5.41) is 10.9. The van der Waals surface area contributed by atoms with Gasteiger partial charge in [0.25, 0.3) is 0 Å². The number of nitrogens with zero attached hydrogens (tertiary/aromatic N) is 1. The van der Waals surface area contributed by atoms with Gasteiger partial charge in [-0.25, -0.2) is 4.98 Å². The number of para-hydroxylation sites is 1. The zero-order chi connectivity index (χ0) is 16.0. The normalized spacial score (nSPS) is 30.7. The third-order valence-corrected chi connectivity index (χ3v) is 6.10. The zero-order valence-electron chi connectivity index (χ0n) is 12.9. The van der Waals surface area contributed by atoms with Gasteiger partial charge in [0.15, 0.2) is 5.78 Å². The Hall–Kier alpha value is -1.72. The van der Waals surface area contributed by atoms with Gasteiger partial charge in [0.1, 0.15) is 11.1 Å². The Morgan fingerprint density at radius 2 is 2.17 bits per heavy atom. The second-order valence-corrected chi connectivity index (χ2v) is 7.40. The summed E-state index contributed by atoms with van der Waals surface area (Å²) in [4.78, 5) is 17.5. The highest BCUT2D eigenvalue weighted by Crippen LogP contribution is 2.40. The van der Waals surface area contributed by atoms with Gasteiger partial charge in [-0.1, -0.05) is 25.5 Å². The number of hydrogen-bond acceptors (Lipinski definition) is 5. The summed E-state index contributed by atoms with van der Waals surface area (Å²) in [6.07, 6.45) is 3.12. The van der Waals surface area contributed by atoms with E-state index in [2.05, 4.69) is 11.9 Å². The van der Waals surface area contributed by atoms with Crippen LogP contribution in [0, 0.1) is 11.8 Å². The van der Waals surface area contributed by atoms with Gasteiger partial charge in [-0.2, -0.15) is 0 Å². The molecule has 2 aliphatic rings. The molecule has 4 unspecified atom stereocenters. The number of ketones is 1. The number of aliphatic hydroxyl groups excluding tert-OH is 1. The van der Waals surface area contributed by atoms with Crippen molar-refractivity contribution >= 4 is 32.9 Å². The third-order valence-electron chi connectivity index (χ3n) is 5.04. The van der Waals surface area contributed by atoms with Crippen molar-refractivity contribution in [1.29, 1.82) is 0 Å². The van der Waals surface area contributed by atoms with E-state index in [1.54, 1.807) is 6.26 Å². The highest BCUT2D eigenvalue weighted by Gasteiger charge is 2.44. The molecule has 5 heteroatoms. The molecular weight excluding hydrogens is 310 g/mol. The Morgan fingerprint density at radius 3 is 2.96 bits per heavy atom. The Morgan fingerprint density at radius 1 is 1.35 bits per heavy atom. The molecule has 1 aliphatic heterocycles. The predicted octanol–water partition coefficient (Wildman–Crippen LogP) is 3.40. The Labute approximate surface area is 138 Å². The van der Waals surface area contributed by atoms with E-state index >= 15 is 0 Å². The summed E-state index contributed by atoms with van der Waals surface area (Å²) >= 11 is 1.52.